The summed E-state index contributed by atoms with van der Waals surface area (Å²) >= 11 is 0. The minimum atomic E-state index is -2.53. The standard InChI is InChI=1S/C28H52N2O17/c1-18(2)46-28(26(36)37)13-20(32)23(25(47-28)24(35)21(33)15-31)30-22(34)14-29-27(38)45-17-19(44-12-11-42-8-6-40-4)16-43-10-9-41-7-5-39-3/h18-21,23-25,31-33,35H,5-17H2,1-4H3,(H,29,38)(H,30,34)(H,36,37)/p-1/t19?,20-,21+,23+,24+,25?,28?/m0/s1. The quantitative estimate of drug-likeness (QED) is 0.0470. The monoisotopic (exact) mass is 687 g/mol. The van der Waals surface area contributed by atoms with Gasteiger partial charge < -0.3 is 83.6 Å². The minimum absolute atomic E-state index is 0.0519. The number of ether oxygens (including phenoxy) is 9. The summed E-state index contributed by atoms with van der Waals surface area (Å²) in [6, 6.07) is -1.50. The van der Waals surface area contributed by atoms with Crippen molar-refractivity contribution in [3.8, 4) is 0 Å². The van der Waals surface area contributed by atoms with E-state index in [0.29, 0.717) is 33.0 Å². The number of aliphatic hydroxyl groups excluding tert-OH is 4. The van der Waals surface area contributed by atoms with Crippen LogP contribution in [0.3, 0.4) is 0 Å². The summed E-state index contributed by atoms with van der Waals surface area (Å²) in [6.45, 7) is 3.77. The average molecular weight is 688 g/mol. The van der Waals surface area contributed by atoms with Crippen LogP contribution < -0.4 is 15.7 Å². The number of rotatable bonds is 26. The summed E-state index contributed by atoms with van der Waals surface area (Å²) in [4.78, 5) is 37.0. The van der Waals surface area contributed by atoms with Crippen molar-refractivity contribution in [3.63, 3.8) is 0 Å². The number of aliphatic carboxylic acids is 1. The molecule has 2 amide bonds. The van der Waals surface area contributed by atoms with Crippen molar-refractivity contribution < 1.29 is 82.5 Å². The zero-order valence-corrected chi connectivity index (χ0v) is 27.3. The van der Waals surface area contributed by atoms with Gasteiger partial charge in [0.25, 0.3) is 0 Å². The molecule has 6 N–H and O–H groups in total. The van der Waals surface area contributed by atoms with Crippen LogP contribution in [0.1, 0.15) is 20.3 Å². The number of nitrogens with one attached hydrogen (secondary N) is 2. The summed E-state index contributed by atoms with van der Waals surface area (Å²) < 4.78 is 47.7. The molecule has 0 bridgehead atoms. The first-order chi connectivity index (χ1) is 22.4. The number of carbonyl (C=O) groups is 3. The normalized spacial score (nSPS) is 23.2. The molecule has 1 aliphatic heterocycles. The van der Waals surface area contributed by atoms with Crippen molar-refractivity contribution in [1.29, 1.82) is 0 Å². The fraction of sp³-hybridized carbons (Fsp3) is 0.893. The average Bonchev–Trinajstić information content (AvgIpc) is 3.03. The highest BCUT2D eigenvalue weighted by atomic mass is 16.7. The Kier molecular flexibility index (Phi) is 21.8. The Labute approximate surface area is 273 Å². The van der Waals surface area contributed by atoms with Crippen LogP contribution in [0.15, 0.2) is 0 Å². The van der Waals surface area contributed by atoms with Crippen molar-refractivity contribution in [2.75, 3.05) is 93.4 Å². The Morgan fingerprint density at radius 2 is 1.53 bits per heavy atom. The molecule has 1 rings (SSSR count). The first-order valence-corrected chi connectivity index (χ1v) is 15.2. The number of methoxy groups -OCH3 is 2. The summed E-state index contributed by atoms with van der Waals surface area (Å²) in [5, 5.41) is 57.2. The minimum Gasteiger partial charge on any atom is -0.544 e. The van der Waals surface area contributed by atoms with Gasteiger partial charge in [-0.2, -0.15) is 0 Å². The van der Waals surface area contributed by atoms with E-state index in [4.69, 9.17) is 42.6 Å². The van der Waals surface area contributed by atoms with E-state index in [1.165, 1.54) is 13.8 Å². The maximum atomic E-state index is 12.7. The Hall–Kier alpha value is -2.27. The van der Waals surface area contributed by atoms with E-state index in [0.717, 1.165) is 0 Å². The molecule has 0 aromatic carbocycles. The predicted molar refractivity (Wildman–Crippen MR) is 156 cm³/mol. The first kappa shape index (κ1) is 42.8. The number of carbonyl (C=O) groups excluding carboxylic acids is 3. The van der Waals surface area contributed by atoms with E-state index in [9.17, 15) is 39.9 Å². The van der Waals surface area contributed by atoms with E-state index in [-0.39, 0.29) is 33.0 Å². The molecule has 19 nitrogen and oxygen atoms in total. The zero-order chi connectivity index (χ0) is 35.2. The van der Waals surface area contributed by atoms with Crippen LogP contribution in [0.25, 0.3) is 0 Å². The number of carboxylic acids is 1. The van der Waals surface area contributed by atoms with Crippen LogP contribution in [0.5, 0.6) is 0 Å². The lowest BCUT2D eigenvalue weighted by Gasteiger charge is -2.49. The second-order valence-corrected chi connectivity index (χ2v) is 10.6. The SMILES string of the molecule is COCCOCCOCC(COC(=O)NCC(=O)N[C@H]1C([C@H](O)[C@H](O)CO)OC(OC(C)C)(C(=O)[O-])C[C@@H]1O)OCCOCCOC. The summed E-state index contributed by atoms with van der Waals surface area (Å²) in [5.41, 5.74) is 0. The number of aliphatic hydroxyl groups is 4. The fourth-order valence-corrected chi connectivity index (χ4v) is 4.23. The van der Waals surface area contributed by atoms with Crippen molar-refractivity contribution >= 4 is 18.0 Å². The van der Waals surface area contributed by atoms with Gasteiger partial charge in [-0.05, 0) is 13.8 Å². The van der Waals surface area contributed by atoms with Gasteiger partial charge in [-0.1, -0.05) is 0 Å². The largest absolute Gasteiger partial charge is 0.544 e. The van der Waals surface area contributed by atoms with Gasteiger partial charge in [0, 0.05) is 20.6 Å². The summed E-state index contributed by atoms with van der Waals surface area (Å²) in [7, 11) is 3.10. The van der Waals surface area contributed by atoms with Gasteiger partial charge in [0.2, 0.25) is 11.7 Å². The third-order valence-electron chi connectivity index (χ3n) is 6.47. The molecule has 7 atom stereocenters. The van der Waals surface area contributed by atoms with Gasteiger partial charge >= 0.3 is 6.09 Å². The number of carboxylic acid groups (broad SMARTS) is 1. The Bertz CT molecular complexity index is 884. The highest BCUT2D eigenvalue weighted by Crippen LogP contribution is 2.33. The molecule has 1 heterocycles. The van der Waals surface area contributed by atoms with Crippen molar-refractivity contribution in [2.45, 2.75) is 68.7 Å². The molecular formula is C28H51N2O17-. The van der Waals surface area contributed by atoms with Crippen molar-refractivity contribution in [2.24, 2.45) is 0 Å². The second-order valence-electron chi connectivity index (χ2n) is 10.6. The first-order valence-electron chi connectivity index (χ1n) is 15.2. The van der Waals surface area contributed by atoms with Gasteiger partial charge in [0.15, 0.2) is 0 Å². The molecule has 19 heteroatoms. The van der Waals surface area contributed by atoms with Gasteiger partial charge in [-0.3, -0.25) is 4.79 Å². The Morgan fingerprint density at radius 1 is 0.936 bits per heavy atom. The third kappa shape index (κ3) is 16.6. The van der Waals surface area contributed by atoms with Crippen molar-refractivity contribution in [3.05, 3.63) is 0 Å². The van der Waals surface area contributed by atoms with Crippen LogP contribution in [-0.4, -0.2) is 180 Å². The number of hydrogen-bond acceptors (Lipinski definition) is 17. The lowest BCUT2D eigenvalue weighted by molar-refractivity contribution is -0.386. The Morgan fingerprint density at radius 3 is 2.11 bits per heavy atom. The number of amides is 2. The third-order valence-corrected chi connectivity index (χ3v) is 6.47. The molecule has 0 aromatic rings. The molecule has 1 fully saturated rings. The van der Waals surface area contributed by atoms with E-state index in [1.807, 2.05) is 0 Å². The van der Waals surface area contributed by atoms with Gasteiger partial charge in [-0.25, -0.2) is 4.79 Å². The molecule has 0 aliphatic carbocycles. The van der Waals surface area contributed by atoms with E-state index in [2.05, 4.69) is 10.6 Å². The molecule has 0 spiro atoms. The Balaban J connectivity index is 2.72. The maximum absolute atomic E-state index is 12.7. The lowest BCUT2D eigenvalue weighted by Crippen LogP contribution is -2.70. The second kappa shape index (κ2) is 24.0. The fourth-order valence-electron chi connectivity index (χ4n) is 4.23. The molecule has 276 valence electrons. The molecular weight excluding hydrogens is 636 g/mol. The van der Waals surface area contributed by atoms with Crippen LogP contribution in [0.2, 0.25) is 0 Å². The topological polar surface area (TPSA) is 262 Å². The number of hydrogen-bond donors (Lipinski definition) is 6. The molecule has 1 saturated heterocycles. The van der Waals surface area contributed by atoms with E-state index < -0.39 is 86.0 Å². The van der Waals surface area contributed by atoms with Crippen LogP contribution in [0.4, 0.5) is 4.79 Å². The van der Waals surface area contributed by atoms with Crippen LogP contribution in [0, 0.1) is 0 Å². The van der Waals surface area contributed by atoms with Crippen LogP contribution in [-0.2, 0) is 52.2 Å². The highest BCUT2D eigenvalue weighted by Gasteiger charge is 2.53. The van der Waals surface area contributed by atoms with Crippen molar-refractivity contribution in [1.82, 2.24) is 10.6 Å². The molecule has 47 heavy (non-hydrogen) atoms. The predicted octanol–water partition coefficient (Wildman–Crippen LogP) is -4.34. The van der Waals surface area contributed by atoms with Gasteiger partial charge in [0.05, 0.1) is 84.3 Å². The molecule has 0 saturated carbocycles. The smallest absolute Gasteiger partial charge is 0.407 e. The molecule has 1 aliphatic rings. The number of alkyl carbamates (subject to hydrolysis) is 1. The van der Waals surface area contributed by atoms with Gasteiger partial charge in [-0.15, -0.1) is 0 Å². The molecule has 3 unspecified atom stereocenters. The zero-order valence-electron chi connectivity index (χ0n) is 27.3. The van der Waals surface area contributed by atoms with E-state index in [1.54, 1.807) is 14.2 Å². The van der Waals surface area contributed by atoms with Crippen LogP contribution >= 0.6 is 0 Å². The summed E-state index contributed by atoms with van der Waals surface area (Å²) in [6.07, 6.45) is -10.4. The summed E-state index contributed by atoms with van der Waals surface area (Å²) in [5.74, 6) is -5.29. The van der Waals surface area contributed by atoms with Gasteiger partial charge in [0.1, 0.15) is 43.5 Å². The highest BCUT2D eigenvalue weighted by molar-refractivity contribution is 5.82. The van der Waals surface area contributed by atoms with E-state index >= 15 is 0 Å². The molecule has 0 aromatic heterocycles. The molecule has 0 radical (unpaired) electrons. The maximum Gasteiger partial charge on any atom is 0.407 e. The lowest BCUT2D eigenvalue weighted by atomic mass is 9.88.